The molecule has 180 valence electrons. The predicted molar refractivity (Wildman–Crippen MR) is 127 cm³/mol. The molecule has 1 fully saturated rings. The second-order valence-electron chi connectivity index (χ2n) is 7.39. The van der Waals surface area contributed by atoms with E-state index in [2.05, 4.69) is 5.32 Å². The van der Waals surface area contributed by atoms with Crippen molar-refractivity contribution in [3.63, 3.8) is 0 Å². The Hall–Kier alpha value is -2.82. The van der Waals surface area contributed by atoms with Crippen molar-refractivity contribution in [2.45, 2.75) is 18.7 Å². The standard InChI is InChI=1S/C23H31N3O6S/c1-5-26(6-2)33(28,29)18-8-9-21(25-11-13-32-14-12-25)19(16-18)23(27)24-20-15-17(30-3)7-10-22(20)31-4/h7-10,15-16H,5-6,11-14H2,1-4H3,(H,24,27). The van der Waals surface area contributed by atoms with Gasteiger partial charge in [0.2, 0.25) is 10.0 Å². The fourth-order valence-electron chi connectivity index (χ4n) is 3.75. The molecule has 0 radical (unpaired) electrons. The van der Waals surface area contributed by atoms with E-state index < -0.39 is 15.9 Å². The number of anilines is 2. The average molecular weight is 478 g/mol. The smallest absolute Gasteiger partial charge is 0.257 e. The maximum Gasteiger partial charge on any atom is 0.257 e. The molecule has 0 aliphatic carbocycles. The first-order valence-corrected chi connectivity index (χ1v) is 12.3. The highest BCUT2D eigenvalue weighted by Gasteiger charge is 2.26. The third-order valence-corrected chi connectivity index (χ3v) is 7.61. The molecule has 0 saturated carbocycles. The first kappa shape index (κ1) is 24.8. The van der Waals surface area contributed by atoms with Crippen molar-refractivity contribution in [2.24, 2.45) is 0 Å². The van der Waals surface area contributed by atoms with Crippen LogP contribution in [0.4, 0.5) is 11.4 Å². The highest BCUT2D eigenvalue weighted by atomic mass is 32.2. The van der Waals surface area contributed by atoms with Gasteiger partial charge in [-0.2, -0.15) is 4.31 Å². The van der Waals surface area contributed by atoms with Gasteiger partial charge in [-0.15, -0.1) is 0 Å². The van der Waals surface area contributed by atoms with Crippen molar-refractivity contribution in [3.05, 3.63) is 42.0 Å². The van der Waals surface area contributed by atoms with Gasteiger partial charge in [0.15, 0.2) is 0 Å². The normalized spacial score (nSPS) is 14.3. The number of carbonyl (C=O) groups is 1. The maximum atomic E-state index is 13.5. The largest absolute Gasteiger partial charge is 0.497 e. The molecule has 0 spiro atoms. The van der Waals surface area contributed by atoms with Crippen LogP contribution in [-0.4, -0.2) is 72.2 Å². The summed E-state index contributed by atoms with van der Waals surface area (Å²) in [7, 11) is -0.695. The number of rotatable bonds is 9. The zero-order valence-electron chi connectivity index (χ0n) is 19.5. The lowest BCUT2D eigenvalue weighted by atomic mass is 10.1. The predicted octanol–water partition coefficient (Wildman–Crippen LogP) is 2.82. The third-order valence-electron chi connectivity index (χ3n) is 5.56. The average Bonchev–Trinajstić information content (AvgIpc) is 2.84. The van der Waals surface area contributed by atoms with E-state index in [1.165, 1.54) is 24.6 Å². The van der Waals surface area contributed by atoms with Crippen LogP contribution in [0.3, 0.4) is 0 Å². The zero-order valence-corrected chi connectivity index (χ0v) is 20.3. The number of amides is 1. The Bertz CT molecular complexity index is 1080. The number of morpholine rings is 1. The van der Waals surface area contributed by atoms with E-state index in [1.807, 2.05) is 4.90 Å². The van der Waals surface area contributed by atoms with Crippen LogP contribution in [0.5, 0.6) is 11.5 Å². The Morgan fingerprint density at radius 2 is 1.76 bits per heavy atom. The van der Waals surface area contributed by atoms with Crippen LogP contribution >= 0.6 is 0 Å². The van der Waals surface area contributed by atoms with E-state index in [4.69, 9.17) is 14.2 Å². The Morgan fingerprint density at radius 3 is 2.36 bits per heavy atom. The molecule has 2 aromatic rings. The van der Waals surface area contributed by atoms with Gasteiger partial charge in [0, 0.05) is 37.9 Å². The minimum absolute atomic E-state index is 0.0750. The molecule has 1 heterocycles. The molecule has 0 aromatic heterocycles. The van der Waals surface area contributed by atoms with Gasteiger partial charge in [0.05, 0.1) is 43.6 Å². The molecule has 33 heavy (non-hydrogen) atoms. The Labute approximate surface area is 195 Å². The summed E-state index contributed by atoms with van der Waals surface area (Å²) in [5, 5.41) is 2.86. The molecule has 2 aromatic carbocycles. The van der Waals surface area contributed by atoms with Crippen LogP contribution in [0.2, 0.25) is 0 Å². The molecule has 0 unspecified atom stereocenters. The fourth-order valence-corrected chi connectivity index (χ4v) is 5.24. The van der Waals surface area contributed by atoms with Crippen molar-refractivity contribution in [2.75, 3.05) is 63.8 Å². The molecule has 0 atom stereocenters. The lowest BCUT2D eigenvalue weighted by Crippen LogP contribution is -2.37. The first-order chi connectivity index (χ1) is 15.8. The number of nitrogens with zero attached hydrogens (tertiary/aromatic N) is 2. The molecule has 9 nitrogen and oxygen atoms in total. The first-order valence-electron chi connectivity index (χ1n) is 10.9. The van der Waals surface area contributed by atoms with Crippen LogP contribution in [-0.2, 0) is 14.8 Å². The second kappa shape index (κ2) is 10.9. The summed E-state index contributed by atoms with van der Waals surface area (Å²) < 4.78 is 43.7. The number of benzene rings is 2. The summed E-state index contributed by atoms with van der Waals surface area (Å²) in [4.78, 5) is 15.6. The lowest BCUT2D eigenvalue weighted by Gasteiger charge is -2.31. The SMILES string of the molecule is CCN(CC)S(=O)(=O)c1ccc(N2CCOCC2)c(C(=O)Nc2cc(OC)ccc2OC)c1. The van der Waals surface area contributed by atoms with Crippen molar-refractivity contribution in [3.8, 4) is 11.5 Å². The van der Waals surface area contributed by atoms with E-state index in [0.29, 0.717) is 62.3 Å². The molecule has 1 aliphatic heterocycles. The summed E-state index contributed by atoms with van der Waals surface area (Å²) in [6, 6.07) is 9.77. The molecule has 1 amide bonds. The molecule has 3 rings (SSSR count). The minimum Gasteiger partial charge on any atom is -0.497 e. The maximum absolute atomic E-state index is 13.5. The van der Waals surface area contributed by atoms with E-state index in [1.54, 1.807) is 44.2 Å². The number of methoxy groups -OCH3 is 2. The van der Waals surface area contributed by atoms with Gasteiger partial charge in [-0.1, -0.05) is 13.8 Å². The molecule has 1 N–H and O–H groups in total. The number of hydrogen-bond donors (Lipinski definition) is 1. The van der Waals surface area contributed by atoms with E-state index in [0.717, 1.165) is 0 Å². The molecular formula is C23H31N3O6S. The van der Waals surface area contributed by atoms with Crippen LogP contribution in [0, 0.1) is 0 Å². The molecular weight excluding hydrogens is 446 g/mol. The van der Waals surface area contributed by atoms with E-state index >= 15 is 0 Å². The van der Waals surface area contributed by atoms with E-state index in [-0.39, 0.29) is 10.5 Å². The van der Waals surface area contributed by atoms with Gasteiger partial charge in [0.1, 0.15) is 11.5 Å². The van der Waals surface area contributed by atoms with Crippen LogP contribution in [0.15, 0.2) is 41.3 Å². The molecule has 10 heteroatoms. The van der Waals surface area contributed by atoms with Crippen molar-refractivity contribution in [1.82, 2.24) is 4.31 Å². The number of ether oxygens (including phenoxy) is 3. The Balaban J connectivity index is 2.06. The third kappa shape index (κ3) is 5.40. The van der Waals surface area contributed by atoms with Crippen molar-refractivity contribution < 1.29 is 27.4 Å². The Kier molecular flexibility index (Phi) is 8.17. The van der Waals surface area contributed by atoms with Crippen molar-refractivity contribution in [1.29, 1.82) is 0 Å². The Morgan fingerprint density at radius 1 is 1.06 bits per heavy atom. The number of sulfonamides is 1. The zero-order chi connectivity index (χ0) is 24.0. The highest BCUT2D eigenvalue weighted by Crippen LogP contribution is 2.32. The van der Waals surface area contributed by atoms with Gasteiger partial charge in [-0.25, -0.2) is 8.42 Å². The van der Waals surface area contributed by atoms with Gasteiger partial charge in [-0.05, 0) is 30.3 Å². The van der Waals surface area contributed by atoms with Gasteiger partial charge in [-0.3, -0.25) is 4.79 Å². The highest BCUT2D eigenvalue weighted by molar-refractivity contribution is 7.89. The van der Waals surface area contributed by atoms with Crippen LogP contribution in [0.1, 0.15) is 24.2 Å². The van der Waals surface area contributed by atoms with Gasteiger partial charge in [0.25, 0.3) is 5.91 Å². The summed E-state index contributed by atoms with van der Waals surface area (Å²) in [5.74, 6) is 0.570. The molecule has 1 saturated heterocycles. The van der Waals surface area contributed by atoms with Crippen LogP contribution < -0.4 is 19.7 Å². The lowest BCUT2D eigenvalue weighted by molar-refractivity contribution is 0.102. The van der Waals surface area contributed by atoms with E-state index in [9.17, 15) is 13.2 Å². The molecule has 1 aliphatic rings. The number of hydrogen-bond acceptors (Lipinski definition) is 7. The summed E-state index contributed by atoms with van der Waals surface area (Å²) >= 11 is 0. The second-order valence-corrected chi connectivity index (χ2v) is 9.33. The van der Waals surface area contributed by atoms with Crippen LogP contribution in [0.25, 0.3) is 0 Å². The number of carbonyl (C=O) groups excluding carboxylic acids is 1. The van der Waals surface area contributed by atoms with Crippen molar-refractivity contribution >= 4 is 27.3 Å². The quantitative estimate of drug-likeness (QED) is 0.593. The molecule has 0 bridgehead atoms. The summed E-state index contributed by atoms with van der Waals surface area (Å²) in [6.07, 6.45) is 0. The van der Waals surface area contributed by atoms with Gasteiger partial charge < -0.3 is 24.4 Å². The monoisotopic (exact) mass is 477 g/mol. The minimum atomic E-state index is -3.74. The summed E-state index contributed by atoms with van der Waals surface area (Å²) in [6.45, 7) is 6.52. The number of nitrogens with one attached hydrogen (secondary N) is 1. The van der Waals surface area contributed by atoms with Gasteiger partial charge >= 0.3 is 0 Å². The topological polar surface area (TPSA) is 97.4 Å². The fraction of sp³-hybridized carbons (Fsp3) is 0.435. The summed E-state index contributed by atoms with van der Waals surface area (Å²) in [5.41, 5.74) is 1.33.